The summed E-state index contributed by atoms with van der Waals surface area (Å²) in [6.45, 7) is 6.06. The molecule has 0 aromatic heterocycles. The average Bonchev–Trinajstić information content (AvgIpc) is 2.46. The summed E-state index contributed by atoms with van der Waals surface area (Å²) in [6, 6.07) is 18.0. The van der Waals surface area contributed by atoms with Crippen molar-refractivity contribution in [1.82, 2.24) is 0 Å². The lowest BCUT2D eigenvalue weighted by atomic mass is 9.90. The molecule has 1 heteroatoms. The topological polar surface area (TPSA) is 17.1 Å². The average molecular weight is 236 g/mol. The molecule has 0 aliphatic carbocycles. The minimum absolute atomic E-state index is 0.110. The first-order valence-electron chi connectivity index (χ1n) is 6.03. The Hall–Kier alpha value is -2.15. The van der Waals surface area contributed by atoms with Crippen molar-refractivity contribution in [2.75, 3.05) is 0 Å². The Balaban J connectivity index is 2.46. The predicted octanol–water partition coefficient (Wildman–Crippen LogP) is 4.05. The van der Waals surface area contributed by atoms with Gasteiger partial charge in [0.15, 0.2) is 0 Å². The van der Waals surface area contributed by atoms with Crippen LogP contribution in [0.25, 0.3) is 5.57 Å². The number of carbonyl (C=O) groups is 1. The summed E-state index contributed by atoms with van der Waals surface area (Å²) in [7, 11) is 0. The van der Waals surface area contributed by atoms with E-state index in [1.54, 1.807) is 0 Å². The van der Waals surface area contributed by atoms with Gasteiger partial charge in [-0.3, -0.25) is 0 Å². The van der Waals surface area contributed by atoms with Gasteiger partial charge in [0.25, 0.3) is 0 Å². The largest absolute Gasteiger partial charge is 0.303 e. The monoisotopic (exact) mass is 236 g/mol. The summed E-state index contributed by atoms with van der Waals surface area (Å²) in [6.07, 6.45) is 0.969. The molecule has 1 nitrogen and oxygen atoms in total. The van der Waals surface area contributed by atoms with Gasteiger partial charge in [0.2, 0.25) is 0 Å². The summed E-state index contributed by atoms with van der Waals surface area (Å²) in [5.41, 5.74) is 4.12. The van der Waals surface area contributed by atoms with Crippen LogP contribution < -0.4 is 0 Å². The normalized spacial score (nSPS) is 11.8. The van der Waals surface area contributed by atoms with Gasteiger partial charge in [-0.2, -0.15) is 0 Å². The van der Waals surface area contributed by atoms with Gasteiger partial charge in [-0.05, 0) is 22.3 Å². The standard InChI is InChI=1S/C17H16O/c1-13(12-18)16-10-6-7-11-17(16)14(2)15-8-4-3-5-9-15/h3-13H,2H2,1H3. The Kier molecular flexibility index (Phi) is 3.73. The molecule has 0 amide bonds. The van der Waals surface area contributed by atoms with E-state index in [1.165, 1.54) is 0 Å². The Morgan fingerprint density at radius 3 is 2.33 bits per heavy atom. The molecule has 1 atom stereocenters. The molecule has 1 unspecified atom stereocenters. The zero-order valence-corrected chi connectivity index (χ0v) is 10.5. The maximum Gasteiger partial charge on any atom is 0.127 e. The molecule has 0 fully saturated rings. The van der Waals surface area contributed by atoms with Crippen molar-refractivity contribution in [3.8, 4) is 0 Å². The highest BCUT2D eigenvalue weighted by atomic mass is 16.1. The highest BCUT2D eigenvalue weighted by Crippen LogP contribution is 2.28. The van der Waals surface area contributed by atoms with Gasteiger partial charge in [-0.25, -0.2) is 0 Å². The minimum Gasteiger partial charge on any atom is -0.303 e. The number of hydrogen-bond acceptors (Lipinski definition) is 1. The third-order valence-corrected chi connectivity index (χ3v) is 3.10. The Morgan fingerprint density at radius 2 is 1.67 bits per heavy atom. The second-order valence-electron chi connectivity index (χ2n) is 4.36. The molecule has 0 saturated carbocycles. The predicted molar refractivity (Wildman–Crippen MR) is 75.5 cm³/mol. The molecule has 0 N–H and O–H groups in total. The maximum atomic E-state index is 11.0. The van der Waals surface area contributed by atoms with E-state index in [-0.39, 0.29) is 5.92 Å². The van der Waals surface area contributed by atoms with Gasteiger partial charge in [0.1, 0.15) is 6.29 Å². The fourth-order valence-corrected chi connectivity index (χ4v) is 2.04. The van der Waals surface area contributed by atoms with Crippen molar-refractivity contribution in [3.05, 3.63) is 77.9 Å². The van der Waals surface area contributed by atoms with Crippen LogP contribution in [0.15, 0.2) is 61.2 Å². The molecule has 2 aromatic carbocycles. The zero-order valence-electron chi connectivity index (χ0n) is 10.5. The Morgan fingerprint density at radius 1 is 1.06 bits per heavy atom. The molecule has 2 aromatic rings. The van der Waals surface area contributed by atoms with Gasteiger partial charge in [0.05, 0.1) is 0 Å². The van der Waals surface area contributed by atoms with Crippen molar-refractivity contribution in [2.24, 2.45) is 0 Å². The molecule has 0 aliphatic rings. The molecule has 18 heavy (non-hydrogen) atoms. The van der Waals surface area contributed by atoms with Crippen LogP contribution in [0.3, 0.4) is 0 Å². The molecule has 2 rings (SSSR count). The number of aldehydes is 1. The lowest BCUT2D eigenvalue weighted by molar-refractivity contribution is -0.108. The lowest BCUT2D eigenvalue weighted by Crippen LogP contribution is -2.00. The lowest BCUT2D eigenvalue weighted by Gasteiger charge is -2.14. The number of rotatable bonds is 4. The van der Waals surface area contributed by atoms with Crippen LogP contribution in [0, 0.1) is 0 Å². The summed E-state index contributed by atoms with van der Waals surface area (Å²) >= 11 is 0. The minimum atomic E-state index is -0.110. The molecule has 0 spiro atoms. The van der Waals surface area contributed by atoms with E-state index in [0.29, 0.717) is 0 Å². The second-order valence-corrected chi connectivity index (χ2v) is 4.36. The maximum absolute atomic E-state index is 11.0. The van der Waals surface area contributed by atoms with Crippen LogP contribution in [-0.4, -0.2) is 6.29 Å². The van der Waals surface area contributed by atoms with Gasteiger partial charge in [0, 0.05) is 5.92 Å². The quantitative estimate of drug-likeness (QED) is 0.732. The zero-order chi connectivity index (χ0) is 13.0. The van der Waals surface area contributed by atoms with E-state index in [2.05, 4.69) is 6.58 Å². The third kappa shape index (κ3) is 2.40. The van der Waals surface area contributed by atoms with Crippen molar-refractivity contribution < 1.29 is 4.79 Å². The first-order valence-corrected chi connectivity index (χ1v) is 6.03. The highest BCUT2D eigenvalue weighted by molar-refractivity contribution is 5.81. The third-order valence-electron chi connectivity index (χ3n) is 3.10. The first kappa shape index (κ1) is 12.3. The summed E-state index contributed by atoms with van der Waals surface area (Å²) in [5.74, 6) is -0.110. The van der Waals surface area contributed by atoms with Crippen molar-refractivity contribution >= 4 is 11.9 Å². The number of hydrogen-bond donors (Lipinski definition) is 0. The molecular weight excluding hydrogens is 220 g/mol. The molecule has 0 heterocycles. The van der Waals surface area contributed by atoms with Crippen LogP contribution in [-0.2, 0) is 4.79 Å². The van der Waals surface area contributed by atoms with E-state index in [1.807, 2.05) is 61.5 Å². The number of carbonyl (C=O) groups excluding carboxylic acids is 1. The van der Waals surface area contributed by atoms with E-state index < -0.39 is 0 Å². The van der Waals surface area contributed by atoms with Crippen LogP contribution in [0.2, 0.25) is 0 Å². The van der Waals surface area contributed by atoms with E-state index in [9.17, 15) is 4.79 Å². The summed E-state index contributed by atoms with van der Waals surface area (Å²) in [5, 5.41) is 0. The first-order chi connectivity index (χ1) is 8.74. The molecule has 90 valence electrons. The fraction of sp³-hybridized carbons (Fsp3) is 0.118. The van der Waals surface area contributed by atoms with Gasteiger partial charge < -0.3 is 4.79 Å². The van der Waals surface area contributed by atoms with Crippen LogP contribution in [0.4, 0.5) is 0 Å². The van der Waals surface area contributed by atoms with Crippen molar-refractivity contribution in [2.45, 2.75) is 12.8 Å². The van der Waals surface area contributed by atoms with Crippen LogP contribution in [0.1, 0.15) is 29.5 Å². The Bertz CT molecular complexity index is 555. The van der Waals surface area contributed by atoms with Crippen molar-refractivity contribution in [3.63, 3.8) is 0 Å². The summed E-state index contributed by atoms with van der Waals surface area (Å²) in [4.78, 5) is 11.0. The van der Waals surface area contributed by atoms with E-state index in [4.69, 9.17) is 0 Å². The molecule has 0 bridgehead atoms. The molecular formula is C17H16O. The van der Waals surface area contributed by atoms with Crippen LogP contribution >= 0.6 is 0 Å². The van der Waals surface area contributed by atoms with Gasteiger partial charge in [-0.1, -0.05) is 68.1 Å². The SMILES string of the molecule is C=C(c1ccccc1)c1ccccc1C(C)C=O. The van der Waals surface area contributed by atoms with Gasteiger partial charge >= 0.3 is 0 Å². The molecule has 0 saturated heterocycles. The molecule has 0 aliphatic heterocycles. The highest BCUT2D eigenvalue weighted by Gasteiger charge is 2.12. The van der Waals surface area contributed by atoms with E-state index in [0.717, 1.165) is 28.5 Å². The van der Waals surface area contributed by atoms with Crippen molar-refractivity contribution in [1.29, 1.82) is 0 Å². The van der Waals surface area contributed by atoms with Crippen LogP contribution in [0.5, 0.6) is 0 Å². The Labute approximate surface area is 108 Å². The fourth-order valence-electron chi connectivity index (χ4n) is 2.04. The second kappa shape index (κ2) is 5.46. The van der Waals surface area contributed by atoms with Gasteiger partial charge in [-0.15, -0.1) is 0 Å². The summed E-state index contributed by atoms with van der Waals surface area (Å²) < 4.78 is 0. The number of benzene rings is 2. The molecule has 0 radical (unpaired) electrons. The van der Waals surface area contributed by atoms with E-state index >= 15 is 0 Å². The smallest absolute Gasteiger partial charge is 0.127 e.